The number of hydrogen-bond acceptors (Lipinski definition) is 3. The highest BCUT2D eigenvalue weighted by Crippen LogP contribution is 2.24. The van der Waals surface area contributed by atoms with Crippen molar-refractivity contribution in [1.82, 2.24) is 0 Å². The number of ketones is 1. The van der Waals surface area contributed by atoms with E-state index in [0.717, 1.165) is 31.8 Å². The van der Waals surface area contributed by atoms with Crippen LogP contribution in [0.25, 0.3) is 0 Å². The molecule has 0 radical (unpaired) electrons. The zero-order chi connectivity index (χ0) is 13.1. The number of Topliss-reactive ketones (excluding diaryl/α,β-unsaturated/α-hetero) is 1. The first-order chi connectivity index (χ1) is 8.58. The molecule has 1 atom stereocenters. The van der Waals surface area contributed by atoms with Crippen molar-refractivity contribution in [2.24, 2.45) is 0 Å². The van der Waals surface area contributed by atoms with Gasteiger partial charge in [0.05, 0.1) is 6.10 Å². The SMILES string of the molecule is CC(=O)c1cc(F)ccc1N1CCCOC(C)C1. The largest absolute Gasteiger partial charge is 0.377 e. The molecule has 0 amide bonds. The summed E-state index contributed by atoms with van der Waals surface area (Å²) in [5, 5.41) is 0. The van der Waals surface area contributed by atoms with Crippen LogP contribution in [0.15, 0.2) is 18.2 Å². The van der Waals surface area contributed by atoms with E-state index in [1.54, 1.807) is 6.07 Å². The highest BCUT2D eigenvalue weighted by Gasteiger charge is 2.19. The number of ether oxygens (including phenoxy) is 1. The average molecular weight is 251 g/mol. The van der Waals surface area contributed by atoms with Crippen LogP contribution >= 0.6 is 0 Å². The number of nitrogens with zero attached hydrogens (tertiary/aromatic N) is 1. The van der Waals surface area contributed by atoms with Crippen LogP contribution in [-0.2, 0) is 4.74 Å². The summed E-state index contributed by atoms with van der Waals surface area (Å²) in [4.78, 5) is 13.7. The standard InChI is InChI=1S/C14H18FNO2/c1-10-9-16(6-3-7-18-10)14-5-4-12(15)8-13(14)11(2)17/h4-5,8,10H,3,6-7,9H2,1-2H3. The highest BCUT2D eigenvalue weighted by atomic mass is 19.1. The number of carbonyl (C=O) groups excluding carboxylic acids is 1. The summed E-state index contributed by atoms with van der Waals surface area (Å²) < 4.78 is 18.8. The minimum atomic E-state index is -0.372. The van der Waals surface area contributed by atoms with Gasteiger partial charge in [-0.25, -0.2) is 4.39 Å². The fourth-order valence-corrected chi connectivity index (χ4v) is 2.28. The van der Waals surface area contributed by atoms with E-state index in [1.807, 2.05) is 6.92 Å². The maximum absolute atomic E-state index is 13.2. The maximum Gasteiger partial charge on any atom is 0.161 e. The van der Waals surface area contributed by atoms with Gasteiger partial charge in [-0.1, -0.05) is 0 Å². The fourth-order valence-electron chi connectivity index (χ4n) is 2.28. The van der Waals surface area contributed by atoms with Crippen molar-refractivity contribution in [2.45, 2.75) is 26.4 Å². The second-order valence-electron chi connectivity index (χ2n) is 4.70. The van der Waals surface area contributed by atoms with Crippen LogP contribution in [0.1, 0.15) is 30.6 Å². The molecule has 1 aromatic rings. The number of halogens is 1. The van der Waals surface area contributed by atoms with E-state index in [1.165, 1.54) is 19.1 Å². The Morgan fingerprint density at radius 3 is 3.00 bits per heavy atom. The second-order valence-corrected chi connectivity index (χ2v) is 4.70. The number of benzene rings is 1. The van der Waals surface area contributed by atoms with E-state index in [2.05, 4.69) is 4.90 Å². The molecule has 0 aliphatic carbocycles. The van der Waals surface area contributed by atoms with Crippen molar-refractivity contribution < 1.29 is 13.9 Å². The minimum Gasteiger partial charge on any atom is -0.377 e. The first-order valence-electron chi connectivity index (χ1n) is 6.25. The van der Waals surface area contributed by atoms with Crippen LogP contribution in [0.3, 0.4) is 0 Å². The number of rotatable bonds is 2. The number of hydrogen-bond donors (Lipinski definition) is 0. The van der Waals surface area contributed by atoms with E-state index in [4.69, 9.17) is 4.74 Å². The lowest BCUT2D eigenvalue weighted by Gasteiger charge is -2.26. The Labute approximate surface area is 107 Å². The van der Waals surface area contributed by atoms with Gasteiger partial charge in [-0.15, -0.1) is 0 Å². The lowest BCUT2D eigenvalue weighted by molar-refractivity contribution is 0.0820. The summed E-state index contributed by atoms with van der Waals surface area (Å²) in [5.41, 5.74) is 1.25. The van der Waals surface area contributed by atoms with E-state index >= 15 is 0 Å². The Bertz CT molecular complexity index is 447. The van der Waals surface area contributed by atoms with Crippen LogP contribution in [0.4, 0.5) is 10.1 Å². The Morgan fingerprint density at radius 1 is 1.50 bits per heavy atom. The molecule has 1 aliphatic rings. The lowest BCUT2D eigenvalue weighted by atomic mass is 10.1. The predicted molar refractivity (Wildman–Crippen MR) is 68.6 cm³/mol. The van der Waals surface area contributed by atoms with Gasteiger partial charge in [0.1, 0.15) is 5.82 Å². The van der Waals surface area contributed by atoms with Gasteiger partial charge >= 0.3 is 0 Å². The molecule has 1 heterocycles. The molecule has 1 aliphatic heterocycles. The molecule has 4 heteroatoms. The van der Waals surface area contributed by atoms with E-state index in [-0.39, 0.29) is 17.7 Å². The first kappa shape index (κ1) is 13.0. The van der Waals surface area contributed by atoms with Crippen LogP contribution < -0.4 is 4.90 Å². The summed E-state index contributed by atoms with van der Waals surface area (Å²) in [7, 11) is 0. The van der Waals surface area contributed by atoms with Gasteiger partial charge in [-0.3, -0.25) is 4.79 Å². The monoisotopic (exact) mass is 251 g/mol. The predicted octanol–water partition coefficient (Wildman–Crippen LogP) is 2.64. The van der Waals surface area contributed by atoms with Gasteiger partial charge in [0.15, 0.2) is 5.78 Å². The molecule has 1 aromatic carbocycles. The molecule has 3 nitrogen and oxygen atoms in total. The summed E-state index contributed by atoms with van der Waals surface area (Å²) in [6.45, 7) is 5.77. The van der Waals surface area contributed by atoms with Gasteiger partial charge in [0.2, 0.25) is 0 Å². The third-order valence-corrected chi connectivity index (χ3v) is 3.13. The van der Waals surface area contributed by atoms with Gasteiger partial charge in [-0.2, -0.15) is 0 Å². The van der Waals surface area contributed by atoms with Crippen molar-refractivity contribution in [3.05, 3.63) is 29.6 Å². The van der Waals surface area contributed by atoms with Crippen molar-refractivity contribution in [2.75, 3.05) is 24.6 Å². The zero-order valence-corrected chi connectivity index (χ0v) is 10.8. The van der Waals surface area contributed by atoms with E-state index in [0.29, 0.717) is 5.56 Å². The summed E-state index contributed by atoms with van der Waals surface area (Å²) in [6, 6.07) is 4.40. The number of carbonyl (C=O) groups is 1. The van der Waals surface area contributed by atoms with E-state index in [9.17, 15) is 9.18 Å². The van der Waals surface area contributed by atoms with Gasteiger partial charge < -0.3 is 9.64 Å². The lowest BCUT2D eigenvalue weighted by Crippen LogP contribution is -2.31. The van der Waals surface area contributed by atoms with Crippen LogP contribution in [0.5, 0.6) is 0 Å². The maximum atomic E-state index is 13.2. The molecule has 1 fully saturated rings. The van der Waals surface area contributed by atoms with Crippen LogP contribution in [0.2, 0.25) is 0 Å². The fraction of sp³-hybridized carbons (Fsp3) is 0.500. The zero-order valence-electron chi connectivity index (χ0n) is 10.8. The quantitative estimate of drug-likeness (QED) is 0.757. The molecule has 98 valence electrons. The van der Waals surface area contributed by atoms with Crippen LogP contribution in [-0.4, -0.2) is 31.6 Å². The van der Waals surface area contributed by atoms with Crippen molar-refractivity contribution in [3.8, 4) is 0 Å². The Hall–Kier alpha value is -1.42. The molecule has 0 N–H and O–H groups in total. The molecular formula is C14H18FNO2. The molecule has 18 heavy (non-hydrogen) atoms. The Balaban J connectivity index is 2.33. The Morgan fingerprint density at radius 2 is 2.28 bits per heavy atom. The molecule has 0 aromatic heterocycles. The molecule has 0 saturated carbocycles. The third-order valence-electron chi connectivity index (χ3n) is 3.13. The molecule has 0 bridgehead atoms. The number of anilines is 1. The molecule has 0 spiro atoms. The highest BCUT2D eigenvalue weighted by molar-refractivity contribution is 5.99. The van der Waals surface area contributed by atoms with Gasteiger partial charge in [-0.05, 0) is 38.5 Å². The Kier molecular flexibility index (Phi) is 3.97. The second kappa shape index (κ2) is 5.48. The summed E-state index contributed by atoms with van der Waals surface area (Å²) in [5.74, 6) is -0.481. The van der Waals surface area contributed by atoms with Crippen molar-refractivity contribution >= 4 is 11.5 Å². The molecule has 2 rings (SSSR count). The molecule has 1 saturated heterocycles. The van der Waals surface area contributed by atoms with Crippen LogP contribution in [0, 0.1) is 5.82 Å². The van der Waals surface area contributed by atoms with Crippen molar-refractivity contribution in [1.29, 1.82) is 0 Å². The molecule has 1 unspecified atom stereocenters. The molecular weight excluding hydrogens is 233 g/mol. The smallest absolute Gasteiger partial charge is 0.161 e. The topological polar surface area (TPSA) is 29.5 Å². The van der Waals surface area contributed by atoms with E-state index < -0.39 is 0 Å². The third kappa shape index (κ3) is 2.88. The summed E-state index contributed by atoms with van der Waals surface area (Å²) in [6.07, 6.45) is 1.04. The van der Waals surface area contributed by atoms with Gasteiger partial charge in [0, 0.05) is 30.9 Å². The normalized spacial score (nSPS) is 20.6. The van der Waals surface area contributed by atoms with Crippen molar-refractivity contribution in [3.63, 3.8) is 0 Å². The first-order valence-corrected chi connectivity index (χ1v) is 6.25. The summed E-state index contributed by atoms with van der Waals surface area (Å²) >= 11 is 0. The minimum absolute atomic E-state index is 0.109. The average Bonchev–Trinajstić information content (AvgIpc) is 2.53. The van der Waals surface area contributed by atoms with Gasteiger partial charge in [0.25, 0.3) is 0 Å².